The van der Waals surface area contributed by atoms with Gasteiger partial charge in [-0.2, -0.15) is 13.2 Å². The van der Waals surface area contributed by atoms with Crippen LogP contribution in [0.2, 0.25) is 0 Å². The van der Waals surface area contributed by atoms with Gasteiger partial charge in [0, 0.05) is 31.7 Å². The fourth-order valence-corrected chi connectivity index (χ4v) is 5.41. The Balaban J connectivity index is 1.39. The van der Waals surface area contributed by atoms with Gasteiger partial charge in [0.1, 0.15) is 0 Å². The van der Waals surface area contributed by atoms with E-state index in [1.807, 2.05) is 19.1 Å². The predicted octanol–water partition coefficient (Wildman–Crippen LogP) is 4.55. The Morgan fingerprint density at radius 2 is 1.97 bits per heavy atom. The van der Waals surface area contributed by atoms with Crippen LogP contribution in [-0.2, 0) is 6.42 Å². The number of nitrogens with one attached hydrogen (secondary N) is 1. The van der Waals surface area contributed by atoms with Crippen molar-refractivity contribution in [3.8, 4) is 11.5 Å². The predicted molar refractivity (Wildman–Crippen MR) is 124 cm³/mol. The molecule has 0 spiro atoms. The molecule has 2 aromatic rings. The molecule has 6 nitrogen and oxygen atoms in total. The first-order chi connectivity index (χ1) is 16.8. The Morgan fingerprint density at radius 1 is 1.17 bits per heavy atom. The summed E-state index contributed by atoms with van der Waals surface area (Å²) in [5.41, 5.74) is 3.10. The van der Waals surface area contributed by atoms with Crippen molar-refractivity contribution in [1.29, 1.82) is 0 Å². The molecule has 1 aromatic heterocycles. The Hall–Kier alpha value is -2.59. The third kappa shape index (κ3) is 5.33. The first-order valence-electron chi connectivity index (χ1n) is 12.1. The van der Waals surface area contributed by atoms with E-state index >= 15 is 0 Å². The molecule has 3 aliphatic heterocycles. The summed E-state index contributed by atoms with van der Waals surface area (Å²) in [6.45, 7) is 3.09. The maximum Gasteiger partial charge on any atom is 0.401 e. The Morgan fingerprint density at radius 3 is 2.69 bits per heavy atom. The third-order valence-corrected chi connectivity index (χ3v) is 7.02. The highest BCUT2D eigenvalue weighted by Crippen LogP contribution is 2.44. The zero-order valence-corrected chi connectivity index (χ0v) is 19.7. The fourth-order valence-electron chi connectivity index (χ4n) is 5.41. The van der Waals surface area contributed by atoms with Crippen LogP contribution >= 0.6 is 0 Å². The summed E-state index contributed by atoms with van der Waals surface area (Å²) in [6, 6.07) is 6.62. The van der Waals surface area contributed by atoms with E-state index in [4.69, 9.17) is 9.47 Å². The molecule has 3 aliphatic rings. The minimum atomic E-state index is -4.33. The number of benzene rings is 1. The van der Waals surface area contributed by atoms with Gasteiger partial charge in [-0.05, 0) is 61.6 Å². The Labute approximate surface area is 202 Å². The average molecular weight is 495 g/mol. The summed E-state index contributed by atoms with van der Waals surface area (Å²) in [5, 5.41) is 3.46. The topological polar surface area (TPSA) is 49.9 Å². The summed E-state index contributed by atoms with van der Waals surface area (Å²) in [6.07, 6.45) is -0.665. The summed E-state index contributed by atoms with van der Waals surface area (Å²) in [7, 11) is 0. The summed E-state index contributed by atoms with van der Waals surface area (Å²) < 4.78 is 64.1. The van der Waals surface area contributed by atoms with E-state index in [0.717, 1.165) is 42.9 Å². The summed E-state index contributed by atoms with van der Waals surface area (Å²) >= 11 is 0. The van der Waals surface area contributed by atoms with Gasteiger partial charge in [0.25, 0.3) is 0 Å². The standard InChI is InChI=1S/C25H30F4N4O2/c1-16-9-17-10-22-23(35-15-34-22)11-20(17)24(33(16)14-25(27,28)29)21-4-3-18(12-30-21)31-19-5-8-32(13-19)7-2-6-26/h3-4,10-12,16,19,24,31H,2,5-9,13-15H2,1H3/t16-,19+,24+/m1/s1. The van der Waals surface area contributed by atoms with Crippen molar-refractivity contribution in [3.63, 3.8) is 0 Å². The summed E-state index contributed by atoms with van der Waals surface area (Å²) in [5.74, 6) is 1.18. The lowest BCUT2D eigenvalue weighted by atomic mass is 9.86. The van der Waals surface area contributed by atoms with Crippen LogP contribution in [0.15, 0.2) is 30.5 Å². The SMILES string of the molecule is C[C@@H]1Cc2cc3c(cc2[C@@H](c2ccc(N[C@H]4CCN(CCCF)C4)cn2)N1CC(F)(F)F)OCO3. The van der Waals surface area contributed by atoms with Crippen molar-refractivity contribution in [2.24, 2.45) is 0 Å². The van der Waals surface area contributed by atoms with Crippen molar-refractivity contribution in [3.05, 3.63) is 47.3 Å². The largest absolute Gasteiger partial charge is 0.454 e. The molecule has 0 unspecified atom stereocenters. The van der Waals surface area contributed by atoms with Gasteiger partial charge in [-0.1, -0.05) is 0 Å². The molecular weight excluding hydrogens is 464 g/mol. The molecule has 4 heterocycles. The van der Waals surface area contributed by atoms with Crippen LogP contribution in [0, 0.1) is 0 Å². The Kier molecular flexibility index (Phi) is 6.76. The van der Waals surface area contributed by atoms with Crippen molar-refractivity contribution in [1.82, 2.24) is 14.8 Å². The van der Waals surface area contributed by atoms with Gasteiger partial charge in [0.15, 0.2) is 11.5 Å². The second-order valence-corrected chi connectivity index (χ2v) is 9.59. The van der Waals surface area contributed by atoms with E-state index in [0.29, 0.717) is 30.0 Å². The highest BCUT2D eigenvalue weighted by Gasteiger charge is 2.42. The molecule has 1 saturated heterocycles. The zero-order valence-electron chi connectivity index (χ0n) is 19.7. The first kappa shape index (κ1) is 24.1. The van der Waals surface area contributed by atoms with Crippen LogP contribution in [0.25, 0.3) is 0 Å². The van der Waals surface area contributed by atoms with E-state index in [1.165, 1.54) is 4.90 Å². The number of aromatic nitrogens is 1. The molecule has 0 aliphatic carbocycles. The van der Waals surface area contributed by atoms with Crippen molar-refractivity contribution < 1.29 is 27.0 Å². The van der Waals surface area contributed by atoms with Gasteiger partial charge in [-0.3, -0.25) is 14.3 Å². The summed E-state index contributed by atoms with van der Waals surface area (Å²) in [4.78, 5) is 8.32. The molecule has 5 rings (SSSR count). The molecule has 190 valence electrons. The number of alkyl halides is 4. The number of ether oxygens (including phenoxy) is 2. The molecule has 0 saturated carbocycles. The number of hydrogen-bond acceptors (Lipinski definition) is 6. The second kappa shape index (κ2) is 9.81. The third-order valence-electron chi connectivity index (χ3n) is 7.02. The molecule has 3 atom stereocenters. The molecule has 35 heavy (non-hydrogen) atoms. The minimum absolute atomic E-state index is 0.107. The molecule has 0 amide bonds. The number of fused-ring (bicyclic) bond motifs is 2. The van der Waals surface area contributed by atoms with Gasteiger partial charge in [0.2, 0.25) is 6.79 Å². The number of halogens is 4. The van der Waals surface area contributed by atoms with Gasteiger partial charge >= 0.3 is 6.18 Å². The lowest BCUT2D eigenvalue weighted by molar-refractivity contribution is -0.155. The van der Waals surface area contributed by atoms with Crippen LogP contribution in [0.4, 0.5) is 23.2 Å². The number of rotatable bonds is 7. The molecule has 1 N–H and O–H groups in total. The molecule has 1 aromatic carbocycles. The number of nitrogens with zero attached hydrogens (tertiary/aromatic N) is 3. The normalized spacial score (nSPS) is 24.5. The van der Waals surface area contributed by atoms with Gasteiger partial charge in [0.05, 0.1) is 36.8 Å². The fraction of sp³-hybridized carbons (Fsp3) is 0.560. The van der Waals surface area contributed by atoms with Crippen molar-refractivity contribution in [2.45, 2.75) is 50.5 Å². The molecule has 1 fully saturated rings. The van der Waals surface area contributed by atoms with Gasteiger partial charge in [-0.25, -0.2) is 0 Å². The van der Waals surface area contributed by atoms with Crippen LogP contribution < -0.4 is 14.8 Å². The number of pyridine rings is 1. The van der Waals surface area contributed by atoms with Crippen LogP contribution in [0.3, 0.4) is 0 Å². The maximum atomic E-state index is 13.6. The van der Waals surface area contributed by atoms with E-state index < -0.39 is 18.8 Å². The lowest BCUT2D eigenvalue weighted by Crippen LogP contribution is -2.47. The van der Waals surface area contributed by atoms with Crippen molar-refractivity contribution >= 4 is 5.69 Å². The lowest BCUT2D eigenvalue weighted by Gasteiger charge is -2.42. The molecule has 10 heteroatoms. The molecule has 0 radical (unpaired) electrons. The van der Waals surface area contributed by atoms with Crippen LogP contribution in [0.1, 0.15) is 42.6 Å². The first-order valence-corrected chi connectivity index (χ1v) is 12.1. The van der Waals surface area contributed by atoms with E-state index in [2.05, 4.69) is 15.2 Å². The minimum Gasteiger partial charge on any atom is -0.454 e. The molecule has 0 bridgehead atoms. The zero-order chi connectivity index (χ0) is 24.6. The molecular formula is C25H30F4N4O2. The highest BCUT2D eigenvalue weighted by molar-refractivity contribution is 5.53. The van der Waals surface area contributed by atoms with Crippen LogP contribution in [0.5, 0.6) is 11.5 Å². The highest BCUT2D eigenvalue weighted by atomic mass is 19.4. The van der Waals surface area contributed by atoms with E-state index in [1.54, 1.807) is 18.3 Å². The van der Waals surface area contributed by atoms with Crippen molar-refractivity contribution in [2.75, 3.05) is 45.0 Å². The number of hydrogen-bond donors (Lipinski definition) is 1. The van der Waals surface area contributed by atoms with Gasteiger partial charge < -0.3 is 19.7 Å². The maximum absolute atomic E-state index is 13.6. The second-order valence-electron chi connectivity index (χ2n) is 9.59. The quantitative estimate of drug-likeness (QED) is 0.570. The Bertz CT molecular complexity index is 1030. The number of likely N-dealkylation sites (tertiary alicyclic amines) is 1. The smallest absolute Gasteiger partial charge is 0.401 e. The number of anilines is 1. The van der Waals surface area contributed by atoms with E-state index in [9.17, 15) is 17.6 Å². The average Bonchev–Trinajstić information content (AvgIpc) is 3.46. The van der Waals surface area contributed by atoms with Gasteiger partial charge in [-0.15, -0.1) is 0 Å². The van der Waals surface area contributed by atoms with Crippen LogP contribution in [-0.4, -0.2) is 72.7 Å². The van der Waals surface area contributed by atoms with E-state index in [-0.39, 0.29) is 25.6 Å². The monoisotopic (exact) mass is 494 g/mol.